The van der Waals surface area contributed by atoms with Gasteiger partial charge >= 0.3 is 0 Å². The molecule has 144 valence electrons. The van der Waals surface area contributed by atoms with E-state index >= 15 is 0 Å². The molecule has 3 aromatic rings. The molecule has 0 spiro atoms. The minimum Gasteiger partial charge on any atom is -0.378 e. The maximum absolute atomic E-state index is 12.6. The molecule has 2 saturated heterocycles. The van der Waals surface area contributed by atoms with Gasteiger partial charge in [-0.2, -0.15) is 5.10 Å². The van der Waals surface area contributed by atoms with Gasteiger partial charge in [0.1, 0.15) is 5.69 Å². The van der Waals surface area contributed by atoms with E-state index in [9.17, 15) is 4.79 Å². The number of hydrogen-bond acceptors (Lipinski definition) is 6. The van der Waals surface area contributed by atoms with Crippen LogP contribution in [-0.2, 0) is 4.74 Å². The second-order valence-corrected chi connectivity index (χ2v) is 7.21. The van der Waals surface area contributed by atoms with Crippen molar-refractivity contribution in [3.8, 4) is 0 Å². The van der Waals surface area contributed by atoms with E-state index in [1.54, 1.807) is 12.3 Å². The third-order valence-corrected chi connectivity index (χ3v) is 5.43. The Morgan fingerprint density at radius 1 is 1.11 bits per heavy atom. The van der Waals surface area contributed by atoms with E-state index in [1.807, 2.05) is 33.8 Å². The fraction of sp³-hybridized carbons (Fsp3) is 0.400. The maximum atomic E-state index is 12.6. The van der Waals surface area contributed by atoms with Crippen LogP contribution in [0.15, 0.2) is 42.7 Å². The van der Waals surface area contributed by atoms with Gasteiger partial charge in [-0.05, 0) is 30.7 Å². The largest absolute Gasteiger partial charge is 0.378 e. The molecule has 0 saturated carbocycles. The van der Waals surface area contributed by atoms with Gasteiger partial charge < -0.3 is 14.5 Å². The van der Waals surface area contributed by atoms with Crippen molar-refractivity contribution in [2.24, 2.45) is 0 Å². The van der Waals surface area contributed by atoms with E-state index in [0.29, 0.717) is 18.8 Å². The number of morpholine rings is 1. The summed E-state index contributed by atoms with van der Waals surface area (Å²) in [7, 11) is 0. The van der Waals surface area contributed by atoms with Crippen LogP contribution >= 0.6 is 0 Å². The van der Waals surface area contributed by atoms with E-state index in [1.165, 1.54) is 0 Å². The molecule has 5 heterocycles. The summed E-state index contributed by atoms with van der Waals surface area (Å²) in [6, 6.07) is 9.50. The lowest BCUT2D eigenvalue weighted by atomic mass is 10.1. The van der Waals surface area contributed by atoms with Crippen molar-refractivity contribution in [1.29, 1.82) is 0 Å². The van der Waals surface area contributed by atoms with Gasteiger partial charge in [0, 0.05) is 38.3 Å². The van der Waals surface area contributed by atoms with Gasteiger partial charge in [0.2, 0.25) is 0 Å². The number of carbonyl (C=O) groups excluding carboxylic acids is 1. The molecule has 0 bridgehead atoms. The molecule has 0 radical (unpaired) electrons. The number of carbonyl (C=O) groups is 1. The number of aromatic nitrogens is 4. The van der Waals surface area contributed by atoms with Gasteiger partial charge in [-0.15, -0.1) is 0 Å². The average molecular weight is 378 g/mol. The average Bonchev–Trinajstić information content (AvgIpc) is 3.41. The number of ether oxygens (including phenoxy) is 1. The highest BCUT2D eigenvalue weighted by molar-refractivity contribution is 5.92. The van der Waals surface area contributed by atoms with E-state index in [-0.39, 0.29) is 11.8 Å². The van der Waals surface area contributed by atoms with E-state index in [0.717, 1.165) is 49.9 Å². The number of fused-ring (bicyclic) bond motifs is 1. The fourth-order valence-corrected chi connectivity index (χ4v) is 3.88. The number of pyridine rings is 2. The molecule has 1 amide bonds. The number of anilines is 1. The highest BCUT2D eigenvalue weighted by Gasteiger charge is 2.31. The molecular weight excluding hydrogens is 356 g/mol. The Hall–Kier alpha value is -3.00. The number of nitrogens with zero attached hydrogens (tertiary/aromatic N) is 6. The Morgan fingerprint density at radius 2 is 2.00 bits per heavy atom. The first-order chi connectivity index (χ1) is 13.8. The highest BCUT2D eigenvalue weighted by Crippen LogP contribution is 2.27. The van der Waals surface area contributed by atoms with Crippen LogP contribution in [0.25, 0.3) is 5.65 Å². The van der Waals surface area contributed by atoms with Gasteiger partial charge in [-0.1, -0.05) is 6.07 Å². The van der Waals surface area contributed by atoms with Gasteiger partial charge in [-0.25, -0.2) is 9.50 Å². The monoisotopic (exact) mass is 378 g/mol. The Kier molecular flexibility index (Phi) is 4.40. The number of likely N-dealkylation sites (tertiary alicyclic amines) is 1. The summed E-state index contributed by atoms with van der Waals surface area (Å²) < 4.78 is 7.28. The summed E-state index contributed by atoms with van der Waals surface area (Å²) in [5.41, 5.74) is 2.45. The summed E-state index contributed by atoms with van der Waals surface area (Å²) in [6.07, 6.45) is 4.55. The summed E-state index contributed by atoms with van der Waals surface area (Å²) in [6.45, 7) is 4.61. The molecule has 2 aliphatic heterocycles. The molecule has 0 unspecified atom stereocenters. The van der Waals surface area contributed by atoms with Crippen LogP contribution in [0.3, 0.4) is 0 Å². The van der Waals surface area contributed by atoms with Crippen molar-refractivity contribution < 1.29 is 9.53 Å². The van der Waals surface area contributed by atoms with Crippen LogP contribution in [0.2, 0.25) is 0 Å². The third kappa shape index (κ3) is 3.20. The second-order valence-electron chi connectivity index (χ2n) is 7.21. The lowest BCUT2D eigenvalue weighted by Crippen LogP contribution is -2.36. The molecule has 2 fully saturated rings. The molecule has 2 aliphatic rings. The van der Waals surface area contributed by atoms with Crippen molar-refractivity contribution in [2.75, 3.05) is 44.3 Å². The maximum Gasteiger partial charge on any atom is 0.272 e. The Bertz CT molecular complexity index is 983. The van der Waals surface area contributed by atoms with Crippen LogP contribution in [-0.4, -0.2) is 69.8 Å². The number of hydrogen-bond donors (Lipinski definition) is 0. The quantitative estimate of drug-likeness (QED) is 0.689. The summed E-state index contributed by atoms with van der Waals surface area (Å²) in [5.74, 6) is 0.927. The van der Waals surface area contributed by atoms with Crippen molar-refractivity contribution in [2.45, 2.75) is 12.3 Å². The number of rotatable bonds is 3. The van der Waals surface area contributed by atoms with Gasteiger partial charge in [0.15, 0.2) is 11.5 Å². The first-order valence-electron chi connectivity index (χ1n) is 9.67. The molecule has 1 atom stereocenters. The normalized spacial score (nSPS) is 20.1. The zero-order valence-corrected chi connectivity index (χ0v) is 15.6. The van der Waals surface area contributed by atoms with Gasteiger partial charge in [-0.3, -0.25) is 9.78 Å². The molecule has 8 heteroatoms. The lowest BCUT2D eigenvalue weighted by Gasteiger charge is -2.28. The standard InChI is InChI=1S/C20H22N6O2/c27-20(17-3-1-2-7-21-17)25-8-6-15(13-25)19-22-18-5-4-16(14-26(18)23-19)24-9-11-28-12-10-24/h1-5,7,14-15H,6,8-13H2/t15-/m0/s1. The molecule has 28 heavy (non-hydrogen) atoms. The molecule has 3 aromatic heterocycles. The number of amides is 1. The van der Waals surface area contributed by atoms with E-state index in [4.69, 9.17) is 14.8 Å². The Labute approximate surface area is 162 Å². The first kappa shape index (κ1) is 17.1. The SMILES string of the molecule is O=C(c1ccccn1)N1CC[C@H](c2nc3ccc(N4CCOCC4)cn3n2)C1. The summed E-state index contributed by atoms with van der Waals surface area (Å²) >= 11 is 0. The van der Waals surface area contributed by atoms with Crippen molar-refractivity contribution in [3.05, 3.63) is 54.2 Å². The topological polar surface area (TPSA) is 75.9 Å². The highest BCUT2D eigenvalue weighted by atomic mass is 16.5. The minimum absolute atomic E-state index is 0.0264. The summed E-state index contributed by atoms with van der Waals surface area (Å²) in [4.78, 5) is 25.6. The fourth-order valence-electron chi connectivity index (χ4n) is 3.88. The van der Waals surface area contributed by atoms with Gasteiger partial charge in [0.25, 0.3) is 5.91 Å². The van der Waals surface area contributed by atoms with Gasteiger partial charge in [0.05, 0.1) is 25.1 Å². The lowest BCUT2D eigenvalue weighted by molar-refractivity contribution is 0.0784. The molecular formula is C20H22N6O2. The van der Waals surface area contributed by atoms with E-state index in [2.05, 4.69) is 16.0 Å². The molecule has 8 nitrogen and oxygen atoms in total. The molecule has 0 aliphatic carbocycles. The van der Waals surface area contributed by atoms with Crippen LogP contribution in [0.1, 0.15) is 28.7 Å². The third-order valence-electron chi connectivity index (χ3n) is 5.43. The predicted octanol–water partition coefficient (Wildman–Crippen LogP) is 1.59. The predicted molar refractivity (Wildman–Crippen MR) is 104 cm³/mol. The van der Waals surface area contributed by atoms with Crippen molar-refractivity contribution in [3.63, 3.8) is 0 Å². The van der Waals surface area contributed by atoms with Crippen LogP contribution in [0.4, 0.5) is 5.69 Å². The van der Waals surface area contributed by atoms with Crippen molar-refractivity contribution in [1.82, 2.24) is 24.5 Å². The molecule has 0 aromatic carbocycles. The second kappa shape index (κ2) is 7.20. The molecule has 5 rings (SSSR count). The summed E-state index contributed by atoms with van der Waals surface area (Å²) in [5, 5.41) is 4.71. The zero-order valence-electron chi connectivity index (χ0n) is 15.6. The smallest absolute Gasteiger partial charge is 0.272 e. The Morgan fingerprint density at radius 3 is 2.82 bits per heavy atom. The first-order valence-corrected chi connectivity index (χ1v) is 9.67. The van der Waals surface area contributed by atoms with Crippen LogP contribution < -0.4 is 4.90 Å². The van der Waals surface area contributed by atoms with Crippen molar-refractivity contribution >= 4 is 17.2 Å². The zero-order chi connectivity index (χ0) is 18.9. The van der Waals surface area contributed by atoms with E-state index < -0.39 is 0 Å². The van der Waals surface area contributed by atoms with Crippen LogP contribution in [0.5, 0.6) is 0 Å². The minimum atomic E-state index is -0.0264. The molecule has 0 N–H and O–H groups in total. The Balaban J connectivity index is 1.33. The van der Waals surface area contributed by atoms with Crippen LogP contribution in [0, 0.1) is 0 Å².